The molecule has 1 aliphatic rings. The van der Waals surface area contributed by atoms with Crippen molar-refractivity contribution in [3.8, 4) is 23.0 Å². The number of hydrogen-bond donors (Lipinski definition) is 1. The Morgan fingerprint density at radius 3 is 2.22 bits per heavy atom. The lowest BCUT2D eigenvalue weighted by atomic mass is 9.99. The number of nitrogens with one attached hydrogen (secondary N) is 1. The van der Waals surface area contributed by atoms with E-state index in [0.29, 0.717) is 47.5 Å². The highest BCUT2D eigenvalue weighted by molar-refractivity contribution is 5.95. The van der Waals surface area contributed by atoms with Crippen LogP contribution in [0.15, 0.2) is 40.6 Å². The zero-order valence-electron chi connectivity index (χ0n) is 18.9. The minimum absolute atomic E-state index is 0.335. The standard InChI is InChI=1S/C23H27N3O6/c1-6-9-32-23(27)25-17-10-14(7-8-18(17)28-2)16-13-24-26-21(16)15-11-19(29-3)22(31-5)20(12-15)30-4/h7-8,10-12H,6,9,13H2,1-5H3,(H,25,27). The maximum absolute atomic E-state index is 12.1. The molecule has 0 atom stereocenters. The van der Waals surface area contributed by atoms with Crippen LogP contribution in [0.1, 0.15) is 24.5 Å². The maximum atomic E-state index is 12.1. The van der Waals surface area contributed by atoms with Gasteiger partial charge in [-0.1, -0.05) is 13.0 Å². The van der Waals surface area contributed by atoms with Crippen LogP contribution in [-0.4, -0.2) is 47.7 Å². The normalized spacial score (nSPS) is 12.5. The van der Waals surface area contributed by atoms with E-state index in [1.54, 1.807) is 34.5 Å². The van der Waals surface area contributed by atoms with Gasteiger partial charge in [0.05, 0.1) is 53.0 Å². The minimum Gasteiger partial charge on any atom is -0.495 e. The first-order valence-electron chi connectivity index (χ1n) is 10.1. The minimum atomic E-state index is -0.540. The van der Waals surface area contributed by atoms with Crippen LogP contribution in [0, 0.1) is 0 Å². The number of carbonyl (C=O) groups excluding carboxylic acids is 1. The highest BCUT2D eigenvalue weighted by atomic mass is 16.5. The summed E-state index contributed by atoms with van der Waals surface area (Å²) in [6.45, 7) is 2.65. The molecule has 0 saturated carbocycles. The molecule has 32 heavy (non-hydrogen) atoms. The number of rotatable bonds is 9. The van der Waals surface area contributed by atoms with Crippen LogP contribution < -0.4 is 24.3 Å². The summed E-state index contributed by atoms with van der Waals surface area (Å²) in [4.78, 5) is 12.1. The van der Waals surface area contributed by atoms with Gasteiger partial charge in [0, 0.05) is 11.1 Å². The number of benzene rings is 2. The molecule has 2 aromatic carbocycles. The molecule has 0 aliphatic carbocycles. The molecule has 3 rings (SSSR count). The average Bonchev–Trinajstić information content (AvgIpc) is 3.31. The summed E-state index contributed by atoms with van der Waals surface area (Å²) in [5.74, 6) is 2.06. The van der Waals surface area contributed by atoms with E-state index < -0.39 is 6.09 Å². The van der Waals surface area contributed by atoms with Gasteiger partial charge >= 0.3 is 6.09 Å². The lowest BCUT2D eigenvalue weighted by molar-refractivity contribution is 0.161. The van der Waals surface area contributed by atoms with E-state index in [9.17, 15) is 4.79 Å². The van der Waals surface area contributed by atoms with Crippen LogP contribution in [0.4, 0.5) is 10.5 Å². The smallest absolute Gasteiger partial charge is 0.411 e. The molecule has 1 amide bonds. The van der Waals surface area contributed by atoms with Gasteiger partial charge in [-0.25, -0.2) is 4.79 Å². The summed E-state index contributed by atoms with van der Waals surface area (Å²) in [5, 5.41) is 11.3. The van der Waals surface area contributed by atoms with Crippen LogP contribution in [0.25, 0.3) is 11.3 Å². The number of methoxy groups -OCH3 is 4. The lowest BCUT2D eigenvalue weighted by Crippen LogP contribution is -2.15. The molecular formula is C23H27N3O6. The Balaban J connectivity index is 2.04. The Hall–Kier alpha value is -3.75. The van der Waals surface area contributed by atoms with Gasteiger partial charge in [0.15, 0.2) is 11.5 Å². The van der Waals surface area contributed by atoms with E-state index in [-0.39, 0.29) is 0 Å². The van der Waals surface area contributed by atoms with Crippen molar-refractivity contribution in [2.24, 2.45) is 10.2 Å². The van der Waals surface area contributed by atoms with E-state index in [1.807, 2.05) is 31.2 Å². The van der Waals surface area contributed by atoms with Crippen molar-refractivity contribution in [1.29, 1.82) is 0 Å². The fourth-order valence-electron chi connectivity index (χ4n) is 3.32. The Morgan fingerprint density at radius 1 is 0.938 bits per heavy atom. The Kier molecular flexibility index (Phi) is 7.54. The summed E-state index contributed by atoms with van der Waals surface area (Å²) in [6, 6.07) is 9.14. The van der Waals surface area contributed by atoms with Crippen molar-refractivity contribution in [1.82, 2.24) is 0 Å². The van der Waals surface area contributed by atoms with Gasteiger partial charge in [0.2, 0.25) is 5.75 Å². The summed E-state index contributed by atoms with van der Waals surface area (Å²) in [6.07, 6.45) is 0.195. The van der Waals surface area contributed by atoms with Gasteiger partial charge in [-0.05, 0) is 36.2 Å². The van der Waals surface area contributed by atoms with Crippen molar-refractivity contribution in [2.75, 3.05) is 46.9 Å². The Bertz CT molecular complexity index is 1020. The molecule has 1 heterocycles. The summed E-state index contributed by atoms with van der Waals surface area (Å²) in [5.41, 5.74) is 3.66. The molecule has 1 aliphatic heterocycles. The monoisotopic (exact) mass is 441 g/mol. The van der Waals surface area contributed by atoms with Gasteiger partial charge in [-0.3, -0.25) is 5.32 Å². The van der Waals surface area contributed by atoms with Crippen LogP contribution in [-0.2, 0) is 4.74 Å². The first kappa shape index (κ1) is 22.9. The SMILES string of the molecule is CCCOC(=O)Nc1cc(C2=C(c3cc(OC)c(OC)c(OC)c3)N=NC2)ccc1OC. The van der Waals surface area contributed by atoms with Crippen molar-refractivity contribution < 1.29 is 28.5 Å². The predicted octanol–water partition coefficient (Wildman–Crippen LogP) is 5.01. The van der Waals surface area contributed by atoms with Gasteiger partial charge in [-0.2, -0.15) is 10.2 Å². The molecule has 2 aromatic rings. The van der Waals surface area contributed by atoms with E-state index in [2.05, 4.69) is 15.5 Å². The van der Waals surface area contributed by atoms with E-state index >= 15 is 0 Å². The number of ether oxygens (including phenoxy) is 5. The molecule has 170 valence electrons. The second kappa shape index (κ2) is 10.5. The second-order valence-corrected chi connectivity index (χ2v) is 6.82. The van der Waals surface area contributed by atoms with Gasteiger partial charge in [0.1, 0.15) is 5.75 Å². The van der Waals surface area contributed by atoms with Crippen LogP contribution >= 0.6 is 0 Å². The van der Waals surface area contributed by atoms with Gasteiger partial charge in [0.25, 0.3) is 0 Å². The third-order valence-corrected chi connectivity index (χ3v) is 4.85. The topological polar surface area (TPSA) is 100.0 Å². The first-order valence-corrected chi connectivity index (χ1v) is 10.1. The zero-order chi connectivity index (χ0) is 23.1. The lowest BCUT2D eigenvalue weighted by Gasteiger charge is -2.15. The van der Waals surface area contributed by atoms with Crippen LogP contribution in [0.2, 0.25) is 0 Å². The molecule has 0 aromatic heterocycles. The zero-order valence-corrected chi connectivity index (χ0v) is 18.9. The van der Waals surface area contributed by atoms with Gasteiger partial charge < -0.3 is 23.7 Å². The summed E-state index contributed by atoms with van der Waals surface area (Å²) < 4.78 is 26.9. The fourth-order valence-corrected chi connectivity index (χ4v) is 3.32. The number of azo groups is 1. The predicted molar refractivity (Wildman–Crippen MR) is 121 cm³/mol. The van der Waals surface area contributed by atoms with Crippen LogP contribution in [0.3, 0.4) is 0 Å². The number of amides is 1. The second-order valence-electron chi connectivity index (χ2n) is 6.82. The molecular weight excluding hydrogens is 414 g/mol. The molecule has 0 unspecified atom stereocenters. The third kappa shape index (κ3) is 4.77. The molecule has 9 heteroatoms. The van der Waals surface area contributed by atoms with E-state index in [0.717, 1.165) is 23.1 Å². The molecule has 0 radical (unpaired) electrons. The highest BCUT2D eigenvalue weighted by Crippen LogP contribution is 2.43. The molecule has 1 N–H and O–H groups in total. The quantitative estimate of drug-likeness (QED) is 0.587. The molecule has 9 nitrogen and oxygen atoms in total. The molecule has 0 bridgehead atoms. The maximum Gasteiger partial charge on any atom is 0.411 e. The van der Waals surface area contributed by atoms with Crippen molar-refractivity contribution in [3.63, 3.8) is 0 Å². The summed E-state index contributed by atoms with van der Waals surface area (Å²) in [7, 11) is 6.22. The summed E-state index contributed by atoms with van der Waals surface area (Å²) >= 11 is 0. The van der Waals surface area contributed by atoms with Crippen molar-refractivity contribution in [2.45, 2.75) is 13.3 Å². The number of carbonyl (C=O) groups is 1. The van der Waals surface area contributed by atoms with Crippen LogP contribution in [0.5, 0.6) is 23.0 Å². The fraction of sp³-hybridized carbons (Fsp3) is 0.348. The number of anilines is 1. The van der Waals surface area contributed by atoms with Gasteiger partial charge in [-0.15, -0.1) is 0 Å². The Labute approximate surface area is 187 Å². The highest BCUT2D eigenvalue weighted by Gasteiger charge is 2.22. The first-order chi connectivity index (χ1) is 15.6. The molecule has 0 saturated heterocycles. The molecule has 0 spiro atoms. The molecule has 0 fully saturated rings. The number of hydrogen-bond acceptors (Lipinski definition) is 8. The van der Waals surface area contributed by atoms with Crippen molar-refractivity contribution >= 4 is 23.1 Å². The third-order valence-electron chi connectivity index (χ3n) is 4.85. The largest absolute Gasteiger partial charge is 0.495 e. The van der Waals surface area contributed by atoms with E-state index in [1.165, 1.54) is 0 Å². The Morgan fingerprint density at radius 2 is 1.62 bits per heavy atom. The van der Waals surface area contributed by atoms with Crippen molar-refractivity contribution in [3.05, 3.63) is 41.5 Å². The average molecular weight is 441 g/mol. The van der Waals surface area contributed by atoms with E-state index in [4.69, 9.17) is 23.7 Å². The number of nitrogens with zero attached hydrogens (tertiary/aromatic N) is 2.